The van der Waals surface area contributed by atoms with Crippen LogP contribution in [0.3, 0.4) is 0 Å². The Morgan fingerprint density at radius 1 is 1.09 bits per heavy atom. The van der Waals surface area contributed by atoms with Crippen LogP contribution in [0.15, 0.2) is 72.4 Å². The molecule has 0 spiro atoms. The second kappa shape index (κ2) is 9.97. The van der Waals surface area contributed by atoms with E-state index in [-0.39, 0.29) is 28.5 Å². The number of halogens is 1. The Morgan fingerprint density at radius 2 is 1.82 bits per heavy atom. The molecule has 7 nitrogen and oxygen atoms in total. The average molecular weight is 479 g/mol. The second-order valence-corrected chi connectivity index (χ2v) is 8.01. The highest BCUT2D eigenvalue weighted by molar-refractivity contribution is 6.46. The molecule has 1 aliphatic rings. The maximum Gasteiger partial charge on any atom is 0.296 e. The van der Waals surface area contributed by atoms with Crippen LogP contribution in [0.4, 0.5) is 0 Å². The molecule has 1 N–H and O–H groups in total. The first kappa shape index (κ1) is 23.3. The Bertz CT molecular complexity index is 1240. The fourth-order valence-electron chi connectivity index (χ4n) is 3.90. The number of carbonyl (C=O) groups is 2. The van der Waals surface area contributed by atoms with Crippen LogP contribution in [0, 0.1) is 0 Å². The molecule has 2 aromatic carbocycles. The lowest BCUT2D eigenvalue weighted by Gasteiger charge is -2.24. The van der Waals surface area contributed by atoms with Crippen LogP contribution in [-0.4, -0.2) is 40.4 Å². The summed E-state index contributed by atoms with van der Waals surface area (Å²) >= 11 is 6.36. The van der Waals surface area contributed by atoms with Gasteiger partial charge in [0, 0.05) is 18.3 Å². The van der Waals surface area contributed by atoms with Crippen molar-refractivity contribution < 1.29 is 24.2 Å². The van der Waals surface area contributed by atoms with Gasteiger partial charge in [-0.2, -0.15) is 0 Å². The van der Waals surface area contributed by atoms with Gasteiger partial charge in [0.25, 0.3) is 11.7 Å². The van der Waals surface area contributed by atoms with Crippen LogP contribution in [0.1, 0.15) is 29.8 Å². The van der Waals surface area contributed by atoms with E-state index in [4.69, 9.17) is 21.1 Å². The van der Waals surface area contributed by atoms with Gasteiger partial charge >= 0.3 is 0 Å². The average Bonchev–Trinajstić information content (AvgIpc) is 3.11. The summed E-state index contributed by atoms with van der Waals surface area (Å²) in [4.78, 5) is 32.1. The molecule has 1 unspecified atom stereocenters. The summed E-state index contributed by atoms with van der Waals surface area (Å²) in [5, 5.41) is 11.5. The van der Waals surface area contributed by atoms with E-state index in [1.54, 1.807) is 61.8 Å². The molecule has 1 aromatic heterocycles. The summed E-state index contributed by atoms with van der Waals surface area (Å²) < 4.78 is 10.7. The molecular formula is C26H23ClN2O5. The number of pyridine rings is 1. The molecule has 4 rings (SSSR count). The number of amides is 1. The van der Waals surface area contributed by atoms with Gasteiger partial charge in [0.05, 0.1) is 30.0 Å². The Balaban J connectivity index is 1.83. The van der Waals surface area contributed by atoms with Gasteiger partial charge in [-0.05, 0) is 55.0 Å². The maximum absolute atomic E-state index is 13.2. The predicted molar refractivity (Wildman–Crippen MR) is 128 cm³/mol. The van der Waals surface area contributed by atoms with Crippen molar-refractivity contribution >= 4 is 29.1 Å². The topological polar surface area (TPSA) is 89.0 Å². The van der Waals surface area contributed by atoms with Crippen LogP contribution >= 0.6 is 11.6 Å². The zero-order valence-electron chi connectivity index (χ0n) is 18.7. The largest absolute Gasteiger partial charge is 0.507 e. The standard InChI is InChI=1S/C26H23ClN2O5/c1-3-34-18-11-12-20(27)19(14-18)24(30)22-23(21-6-4-5-13-28-21)29(26(32)25(22)31)15-16-7-9-17(33-2)10-8-16/h4-14,23,30H,3,15H2,1-2H3/b24-22+. The predicted octanol–water partition coefficient (Wildman–Crippen LogP) is 4.76. The maximum atomic E-state index is 13.2. The van der Waals surface area contributed by atoms with Crippen molar-refractivity contribution in [3.8, 4) is 11.5 Å². The highest BCUT2D eigenvalue weighted by Gasteiger charge is 2.46. The third kappa shape index (κ3) is 4.47. The molecule has 8 heteroatoms. The highest BCUT2D eigenvalue weighted by atomic mass is 35.5. The number of aliphatic hydroxyl groups is 1. The van der Waals surface area contributed by atoms with Gasteiger partial charge in [-0.3, -0.25) is 14.6 Å². The number of rotatable bonds is 7. The number of benzene rings is 2. The Hall–Kier alpha value is -3.84. The van der Waals surface area contributed by atoms with Crippen molar-refractivity contribution in [3.05, 3.63) is 94.3 Å². The molecule has 0 bridgehead atoms. The Labute approximate surface area is 202 Å². The van der Waals surface area contributed by atoms with Crippen LogP contribution in [0.5, 0.6) is 11.5 Å². The van der Waals surface area contributed by atoms with E-state index in [1.807, 2.05) is 19.1 Å². The first-order chi connectivity index (χ1) is 16.4. The highest BCUT2D eigenvalue weighted by Crippen LogP contribution is 2.41. The third-order valence-electron chi connectivity index (χ3n) is 5.52. The normalized spacial score (nSPS) is 17.1. The van der Waals surface area contributed by atoms with Crippen molar-refractivity contribution in [1.82, 2.24) is 9.88 Å². The third-order valence-corrected chi connectivity index (χ3v) is 5.85. The number of Topliss-reactive ketones (excluding diaryl/α,β-unsaturated/α-hetero) is 1. The lowest BCUT2D eigenvalue weighted by Crippen LogP contribution is -2.29. The van der Waals surface area contributed by atoms with E-state index in [1.165, 1.54) is 4.90 Å². The SMILES string of the molecule is CCOc1ccc(Cl)c(/C(O)=C2\C(=O)C(=O)N(Cc3ccc(OC)cc3)C2c2ccccn2)c1. The smallest absolute Gasteiger partial charge is 0.296 e. The van der Waals surface area contributed by atoms with Gasteiger partial charge in [0.1, 0.15) is 23.3 Å². The van der Waals surface area contributed by atoms with Crippen molar-refractivity contribution in [3.63, 3.8) is 0 Å². The quantitative estimate of drug-likeness (QED) is 0.299. The summed E-state index contributed by atoms with van der Waals surface area (Å²) in [5.41, 5.74) is 1.37. The number of hydrogen-bond acceptors (Lipinski definition) is 6. The van der Waals surface area contributed by atoms with E-state index >= 15 is 0 Å². The van der Waals surface area contributed by atoms with Crippen molar-refractivity contribution in [2.24, 2.45) is 0 Å². The monoisotopic (exact) mass is 478 g/mol. The second-order valence-electron chi connectivity index (χ2n) is 7.60. The number of hydrogen-bond donors (Lipinski definition) is 1. The van der Waals surface area contributed by atoms with Crippen molar-refractivity contribution in [2.75, 3.05) is 13.7 Å². The minimum atomic E-state index is -0.893. The van der Waals surface area contributed by atoms with Gasteiger partial charge < -0.3 is 19.5 Å². The summed E-state index contributed by atoms with van der Waals surface area (Å²) in [6.45, 7) is 2.39. The Kier molecular flexibility index (Phi) is 6.84. The number of ether oxygens (including phenoxy) is 2. The molecule has 34 heavy (non-hydrogen) atoms. The van der Waals surface area contributed by atoms with Crippen LogP contribution in [0.25, 0.3) is 5.76 Å². The van der Waals surface area contributed by atoms with Gasteiger partial charge in [-0.25, -0.2) is 0 Å². The number of likely N-dealkylation sites (tertiary alicyclic amines) is 1. The van der Waals surface area contributed by atoms with Crippen LogP contribution < -0.4 is 9.47 Å². The number of carbonyl (C=O) groups excluding carboxylic acids is 2. The fourth-order valence-corrected chi connectivity index (χ4v) is 4.11. The number of nitrogens with zero attached hydrogens (tertiary/aromatic N) is 2. The molecule has 1 amide bonds. The van der Waals surface area contributed by atoms with E-state index in [2.05, 4.69) is 4.98 Å². The van der Waals surface area contributed by atoms with Gasteiger partial charge in [-0.15, -0.1) is 0 Å². The number of methoxy groups -OCH3 is 1. The summed E-state index contributed by atoms with van der Waals surface area (Å²) in [6.07, 6.45) is 1.57. The molecule has 0 radical (unpaired) electrons. The number of aromatic nitrogens is 1. The molecule has 1 saturated heterocycles. The van der Waals surface area contributed by atoms with E-state index in [9.17, 15) is 14.7 Å². The summed E-state index contributed by atoms with van der Waals surface area (Å²) in [5.74, 6) is -0.756. The van der Waals surface area contributed by atoms with Crippen LogP contribution in [0.2, 0.25) is 5.02 Å². The van der Waals surface area contributed by atoms with Crippen LogP contribution in [-0.2, 0) is 16.1 Å². The molecule has 1 atom stereocenters. The van der Waals surface area contributed by atoms with Gasteiger partial charge in [0.2, 0.25) is 0 Å². The zero-order valence-corrected chi connectivity index (χ0v) is 19.5. The minimum Gasteiger partial charge on any atom is -0.507 e. The first-order valence-electron chi connectivity index (χ1n) is 10.7. The van der Waals surface area contributed by atoms with E-state index < -0.39 is 17.7 Å². The molecule has 1 fully saturated rings. The summed E-state index contributed by atoms with van der Waals surface area (Å²) in [7, 11) is 1.57. The molecule has 2 heterocycles. The molecule has 0 aliphatic carbocycles. The van der Waals surface area contributed by atoms with Gasteiger partial charge in [0.15, 0.2) is 0 Å². The summed E-state index contributed by atoms with van der Waals surface area (Å²) in [6, 6.07) is 16.3. The lowest BCUT2D eigenvalue weighted by atomic mass is 9.98. The molecule has 3 aromatic rings. The fraction of sp³-hybridized carbons (Fsp3) is 0.192. The van der Waals surface area contributed by atoms with Crippen molar-refractivity contribution in [1.29, 1.82) is 0 Å². The molecule has 1 aliphatic heterocycles. The lowest BCUT2D eigenvalue weighted by molar-refractivity contribution is -0.140. The molecular weight excluding hydrogens is 456 g/mol. The van der Waals surface area contributed by atoms with Crippen molar-refractivity contribution in [2.45, 2.75) is 19.5 Å². The molecule has 174 valence electrons. The van der Waals surface area contributed by atoms with E-state index in [0.29, 0.717) is 23.8 Å². The zero-order chi connectivity index (χ0) is 24.2. The minimum absolute atomic E-state index is 0.0761. The number of aliphatic hydroxyl groups excluding tert-OH is 1. The van der Waals surface area contributed by atoms with Gasteiger partial charge in [-0.1, -0.05) is 29.8 Å². The number of ketones is 1. The Morgan fingerprint density at radius 3 is 2.47 bits per heavy atom. The first-order valence-corrected chi connectivity index (χ1v) is 11.1. The van der Waals surface area contributed by atoms with E-state index in [0.717, 1.165) is 5.56 Å². The molecule has 0 saturated carbocycles.